The highest BCUT2D eigenvalue weighted by Gasteiger charge is 2.19. The summed E-state index contributed by atoms with van der Waals surface area (Å²) in [7, 11) is 0. The summed E-state index contributed by atoms with van der Waals surface area (Å²) in [6.45, 7) is 0. The van der Waals surface area contributed by atoms with Crippen LogP contribution in [0.5, 0.6) is 0 Å². The molecule has 6 heteroatoms. The van der Waals surface area contributed by atoms with Gasteiger partial charge >= 0.3 is 5.97 Å². The second-order valence-electron chi connectivity index (χ2n) is 3.03. The molecular weight excluding hydrogens is 200 g/mol. The van der Waals surface area contributed by atoms with E-state index in [1.807, 2.05) is 0 Å². The van der Waals surface area contributed by atoms with E-state index in [2.05, 4.69) is 10.7 Å². The van der Waals surface area contributed by atoms with Gasteiger partial charge in [0.25, 0.3) is 0 Å². The third kappa shape index (κ3) is 2.83. The summed E-state index contributed by atoms with van der Waals surface area (Å²) in [6, 6.07) is -0.938. The minimum absolute atomic E-state index is 0.103. The van der Waals surface area contributed by atoms with Crippen LogP contribution in [0, 0.1) is 0 Å². The van der Waals surface area contributed by atoms with Crippen LogP contribution in [0.15, 0.2) is 23.8 Å². The largest absolute Gasteiger partial charge is 0.372 e. The number of rotatable bonds is 3. The van der Waals surface area contributed by atoms with Crippen LogP contribution in [0.1, 0.15) is 6.42 Å². The molecule has 0 aromatic rings. The Morgan fingerprint density at radius 1 is 1.33 bits per heavy atom. The Morgan fingerprint density at radius 2 is 2.00 bits per heavy atom. The summed E-state index contributed by atoms with van der Waals surface area (Å²) < 4.78 is 0. The first kappa shape index (κ1) is 11.3. The highest BCUT2D eigenvalue weighted by molar-refractivity contribution is 6.46. The van der Waals surface area contributed by atoms with Gasteiger partial charge in [-0.2, -0.15) is 5.90 Å². The first-order valence-electron chi connectivity index (χ1n) is 4.17. The van der Waals surface area contributed by atoms with Gasteiger partial charge in [0, 0.05) is 0 Å². The quantitative estimate of drug-likeness (QED) is 0.342. The fraction of sp³-hybridized carbons (Fsp3) is 0.222. The minimum atomic E-state index is -0.938. The Bertz CT molecular complexity index is 370. The van der Waals surface area contributed by atoms with Gasteiger partial charge in [0.15, 0.2) is 0 Å². The maximum absolute atomic E-state index is 11.0. The van der Waals surface area contributed by atoms with Crippen molar-refractivity contribution >= 4 is 17.5 Å². The smallest absolute Gasteiger partial charge is 0.341 e. The number of allylic oxidation sites excluding steroid dienone is 3. The Balaban J connectivity index is 2.65. The van der Waals surface area contributed by atoms with E-state index >= 15 is 0 Å². The van der Waals surface area contributed by atoms with Crippen LogP contribution in [0.25, 0.3) is 0 Å². The Morgan fingerprint density at radius 3 is 2.53 bits per heavy atom. The molecule has 0 fully saturated rings. The summed E-state index contributed by atoms with van der Waals surface area (Å²) in [5.41, 5.74) is 5.91. The number of carbonyl (C=O) groups is 3. The fourth-order valence-electron chi connectivity index (χ4n) is 1.10. The van der Waals surface area contributed by atoms with Gasteiger partial charge in [0.2, 0.25) is 11.6 Å². The van der Waals surface area contributed by atoms with Crippen molar-refractivity contribution in [2.45, 2.75) is 12.5 Å². The number of hydrogen-bond donors (Lipinski definition) is 2. The molecule has 6 nitrogen and oxygen atoms in total. The summed E-state index contributed by atoms with van der Waals surface area (Å²) in [5, 5.41) is 0. The van der Waals surface area contributed by atoms with E-state index in [0.29, 0.717) is 5.57 Å². The molecule has 1 atom stereocenters. The molecule has 0 heterocycles. The van der Waals surface area contributed by atoms with Crippen molar-refractivity contribution in [1.82, 2.24) is 0 Å². The molecule has 80 valence electrons. The van der Waals surface area contributed by atoms with Crippen molar-refractivity contribution in [3.05, 3.63) is 23.8 Å². The highest BCUT2D eigenvalue weighted by atomic mass is 16.7. The third-order valence-corrected chi connectivity index (χ3v) is 1.88. The van der Waals surface area contributed by atoms with E-state index in [4.69, 9.17) is 5.73 Å². The molecule has 0 radical (unpaired) electrons. The maximum Gasteiger partial charge on any atom is 0.341 e. The molecule has 4 N–H and O–H groups in total. The van der Waals surface area contributed by atoms with Gasteiger partial charge in [0.05, 0.1) is 0 Å². The van der Waals surface area contributed by atoms with E-state index in [9.17, 15) is 14.4 Å². The van der Waals surface area contributed by atoms with E-state index in [-0.39, 0.29) is 6.42 Å². The van der Waals surface area contributed by atoms with E-state index in [1.54, 1.807) is 0 Å². The van der Waals surface area contributed by atoms with Crippen LogP contribution in [0.4, 0.5) is 0 Å². The van der Waals surface area contributed by atoms with Crippen molar-refractivity contribution in [3.8, 4) is 0 Å². The summed E-state index contributed by atoms with van der Waals surface area (Å²) in [6.07, 6.45) is 3.82. The number of carbonyl (C=O) groups excluding carboxylic acids is 3. The normalized spacial score (nSPS) is 17.3. The molecule has 1 rings (SSSR count). The van der Waals surface area contributed by atoms with Gasteiger partial charge in [-0.1, -0.05) is 6.08 Å². The Hall–Kier alpha value is -1.79. The van der Waals surface area contributed by atoms with Crippen molar-refractivity contribution in [3.63, 3.8) is 0 Å². The molecule has 1 unspecified atom stereocenters. The van der Waals surface area contributed by atoms with Gasteiger partial charge in [-0.3, -0.25) is 9.59 Å². The Kier molecular flexibility index (Phi) is 3.48. The average Bonchev–Trinajstić information content (AvgIpc) is 2.22. The fourth-order valence-corrected chi connectivity index (χ4v) is 1.10. The average molecular weight is 210 g/mol. The molecule has 0 saturated carbocycles. The zero-order chi connectivity index (χ0) is 11.4. The molecule has 1 aliphatic rings. The molecule has 0 spiro atoms. The second kappa shape index (κ2) is 4.63. The summed E-state index contributed by atoms with van der Waals surface area (Å²) in [4.78, 5) is 36.5. The van der Waals surface area contributed by atoms with Crippen molar-refractivity contribution in [2.24, 2.45) is 11.6 Å². The van der Waals surface area contributed by atoms with Gasteiger partial charge in [-0.05, 0) is 24.1 Å². The zero-order valence-corrected chi connectivity index (χ0v) is 7.80. The van der Waals surface area contributed by atoms with Gasteiger partial charge in [-0.25, -0.2) is 4.79 Å². The van der Waals surface area contributed by atoms with Crippen LogP contribution in [-0.4, -0.2) is 23.6 Å². The lowest BCUT2D eigenvalue weighted by Gasteiger charge is -2.10. The molecular formula is C9H10N2O4. The third-order valence-electron chi connectivity index (χ3n) is 1.88. The van der Waals surface area contributed by atoms with Gasteiger partial charge in [-0.15, -0.1) is 0 Å². The molecule has 0 aliphatic heterocycles. The molecule has 0 aromatic carbocycles. The van der Waals surface area contributed by atoms with E-state index < -0.39 is 23.6 Å². The molecule has 0 saturated heterocycles. The summed E-state index contributed by atoms with van der Waals surface area (Å²) >= 11 is 0. The van der Waals surface area contributed by atoms with Gasteiger partial charge in [0.1, 0.15) is 6.04 Å². The predicted molar refractivity (Wildman–Crippen MR) is 50.1 cm³/mol. The molecule has 0 amide bonds. The zero-order valence-electron chi connectivity index (χ0n) is 7.80. The van der Waals surface area contributed by atoms with E-state index in [1.165, 1.54) is 6.08 Å². The topological polar surface area (TPSA) is 112 Å². The second-order valence-corrected chi connectivity index (χ2v) is 3.03. The lowest BCUT2D eigenvalue weighted by Crippen LogP contribution is -2.34. The maximum atomic E-state index is 11.0. The summed E-state index contributed by atoms with van der Waals surface area (Å²) in [5.74, 6) is 2.66. The molecule has 1 aliphatic carbocycles. The lowest BCUT2D eigenvalue weighted by molar-refractivity contribution is -0.145. The molecule has 15 heavy (non-hydrogen) atoms. The monoisotopic (exact) mass is 210 g/mol. The van der Waals surface area contributed by atoms with Crippen LogP contribution >= 0.6 is 0 Å². The van der Waals surface area contributed by atoms with Crippen molar-refractivity contribution in [2.75, 3.05) is 0 Å². The van der Waals surface area contributed by atoms with Crippen molar-refractivity contribution < 1.29 is 19.2 Å². The van der Waals surface area contributed by atoms with E-state index in [0.717, 1.165) is 12.2 Å². The number of nitrogens with two attached hydrogens (primary N) is 2. The standard InChI is InChI=1S/C9H10N2O4/c10-6(9(14)15-11)3-5-1-2-7(12)8(13)4-5/h1-2,4,6H,3,10-11H2. The Labute approximate surface area is 85.5 Å². The van der Waals surface area contributed by atoms with Crippen LogP contribution in [0.2, 0.25) is 0 Å². The SMILES string of the molecule is NOC(=O)C(N)CC1=CC(=O)C(=O)C=C1. The first-order chi connectivity index (χ1) is 7.04. The predicted octanol–water partition coefficient (Wildman–Crippen LogP) is -1.24. The first-order valence-corrected chi connectivity index (χ1v) is 4.17. The van der Waals surface area contributed by atoms with Crippen molar-refractivity contribution in [1.29, 1.82) is 0 Å². The minimum Gasteiger partial charge on any atom is -0.372 e. The lowest BCUT2D eigenvalue weighted by atomic mass is 9.99. The molecule has 0 bridgehead atoms. The highest BCUT2D eigenvalue weighted by Crippen LogP contribution is 2.11. The van der Waals surface area contributed by atoms with Crippen LogP contribution in [-0.2, 0) is 19.2 Å². The van der Waals surface area contributed by atoms with Crippen LogP contribution in [0.3, 0.4) is 0 Å². The number of ketones is 2. The molecule has 0 aromatic heterocycles. The number of hydrogen-bond acceptors (Lipinski definition) is 6. The van der Waals surface area contributed by atoms with Crippen LogP contribution < -0.4 is 11.6 Å². The van der Waals surface area contributed by atoms with Gasteiger partial charge < -0.3 is 10.6 Å².